The Balaban J connectivity index is 4.36. The molecule has 1 N–H and O–H groups in total. The van der Waals surface area contributed by atoms with Crippen molar-refractivity contribution in [2.45, 2.75) is 41.0 Å². The van der Waals surface area contributed by atoms with Crippen molar-refractivity contribution in [2.75, 3.05) is 7.05 Å². The summed E-state index contributed by atoms with van der Waals surface area (Å²) in [5.41, 5.74) is 0.209. The molecule has 0 heterocycles. The SMILES string of the molecule is CNC(=O)CC(C(C)C)C(C)(C)C. The Morgan fingerprint density at radius 3 is 2.00 bits per heavy atom. The molecule has 1 atom stereocenters. The van der Waals surface area contributed by atoms with Crippen molar-refractivity contribution in [3.63, 3.8) is 0 Å². The van der Waals surface area contributed by atoms with Crippen LogP contribution in [0.2, 0.25) is 0 Å². The van der Waals surface area contributed by atoms with Gasteiger partial charge in [-0.25, -0.2) is 0 Å². The van der Waals surface area contributed by atoms with E-state index in [1.807, 2.05) is 0 Å². The first-order valence-corrected chi connectivity index (χ1v) is 4.99. The molecule has 0 aliphatic carbocycles. The molecule has 13 heavy (non-hydrogen) atoms. The number of carbonyl (C=O) groups excluding carboxylic acids is 1. The molecule has 0 rings (SSSR count). The Bertz CT molecular complexity index is 167. The lowest BCUT2D eigenvalue weighted by atomic mass is 9.72. The molecule has 0 fully saturated rings. The molecule has 0 aliphatic rings. The highest BCUT2D eigenvalue weighted by molar-refractivity contribution is 5.75. The van der Waals surface area contributed by atoms with E-state index in [0.717, 1.165) is 0 Å². The molecule has 2 nitrogen and oxygen atoms in total. The molecule has 2 heteroatoms. The smallest absolute Gasteiger partial charge is 0.220 e. The van der Waals surface area contributed by atoms with Crippen LogP contribution in [0, 0.1) is 17.3 Å². The van der Waals surface area contributed by atoms with Gasteiger partial charge in [-0.1, -0.05) is 34.6 Å². The quantitative estimate of drug-likeness (QED) is 0.719. The average molecular weight is 185 g/mol. The number of carbonyl (C=O) groups is 1. The van der Waals surface area contributed by atoms with E-state index in [-0.39, 0.29) is 11.3 Å². The van der Waals surface area contributed by atoms with E-state index in [2.05, 4.69) is 39.9 Å². The second-order valence-corrected chi connectivity index (χ2v) is 5.09. The molecule has 0 aromatic heterocycles. The van der Waals surface area contributed by atoms with Gasteiger partial charge in [0, 0.05) is 13.5 Å². The number of nitrogens with one attached hydrogen (secondary N) is 1. The fourth-order valence-corrected chi connectivity index (χ4v) is 1.84. The van der Waals surface area contributed by atoms with Gasteiger partial charge in [-0.05, 0) is 17.3 Å². The van der Waals surface area contributed by atoms with Crippen molar-refractivity contribution in [1.82, 2.24) is 5.32 Å². The molecule has 1 unspecified atom stereocenters. The normalized spacial score (nSPS) is 14.4. The van der Waals surface area contributed by atoms with E-state index in [1.165, 1.54) is 0 Å². The summed E-state index contributed by atoms with van der Waals surface area (Å²) in [5.74, 6) is 1.15. The summed E-state index contributed by atoms with van der Waals surface area (Å²) in [5, 5.41) is 2.68. The molecular weight excluding hydrogens is 162 g/mol. The molecule has 0 aromatic carbocycles. The van der Waals surface area contributed by atoms with Crippen molar-refractivity contribution in [1.29, 1.82) is 0 Å². The van der Waals surface area contributed by atoms with E-state index >= 15 is 0 Å². The Kier molecular flexibility index (Phi) is 4.45. The van der Waals surface area contributed by atoms with Crippen LogP contribution in [-0.2, 0) is 4.79 Å². The van der Waals surface area contributed by atoms with E-state index in [1.54, 1.807) is 7.05 Å². The molecule has 0 radical (unpaired) electrons. The molecular formula is C11H23NO. The van der Waals surface area contributed by atoms with Gasteiger partial charge in [0.1, 0.15) is 0 Å². The van der Waals surface area contributed by atoms with Crippen LogP contribution in [0.3, 0.4) is 0 Å². The summed E-state index contributed by atoms with van der Waals surface area (Å²) >= 11 is 0. The summed E-state index contributed by atoms with van der Waals surface area (Å²) < 4.78 is 0. The standard InChI is InChI=1S/C11H23NO/c1-8(2)9(11(3,4)5)7-10(13)12-6/h8-9H,7H2,1-6H3,(H,12,13). The maximum Gasteiger partial charge on any atom is 0.220 e. The monoisotopic (exact) mass is 185 g/mol. The zero-order valence-corrected chi connectivity index (χ0v) is 9.77. The van der Waals surface area contributed by atoms with E-state index < -0.39 is 0 Å². The summed E-state index contributed by atoms with van der Waals surface area (Å²) in [6.45, 7) is 10.9. The Labute approximate surface area is 82.1 Å². The van der Waals surface area contributed by atoms with Crippen LogP contribution < -0.4 is 5.32 Å². The third-order valence-electron chi connectivity index (χ3n) is 2.60. The predicted octanol–water partition coefficient (Wildman–Crippen LogP) is 2.44. The third kappa shape index (κ3) is 4.30. The second-order valence-electron chi connectivity index (χ2n) is 5.09. The first kappa shape index (κ1) is 12.5. The van der Waals surface area contributed by atoms with E-state index in [0.29, 0.717) is 18.3 Å². The Morgan fingerprint density at radius 2 is 1.77 bits per heavy atom. The Hall–Kier alpha value is -0.530. The van der Waals surface area contributed by atoms with Crippen LogP contribution in [0.25, 0.3) is 0 Å². The van der Waals surface area contributed by atoms with Crippen molar-refractivity contribution < 1.29 is 4.79 Å². The maximum atomic E-state index is 11.3. The number of amides is 1. The maximum absolute atomic E-state index is 11.3. The van der Waals surface area contributed by atoms with E-state index in [9.17, 15) is 4.79 Å². The lowest BCUT2D eigenvalue weighted by Gasteiger charge is -2.33. The van der Waals surface area contributed by atoms with Crippen molar-refractivity contribution in [3.05, 3.63) is 0 Å². The van der Waals surface area contributed by atoms with Gasteiger partial charge in [-0.15, -0.1) is 0 Å². The van der Waals surface area contributed by atoms with Gasteiger partial charge in [0.25, 0.3) is 0 Å². The van der Waals surface area contributed by atoms with E-state index in [4.69, 9.17) is 0 Å². The molecule has 0 bridgehead atoms. The topological polar surface area (TPSA) is 29.1 Å². The van der Waals surface area contributed by atoms with Crippen LogP contribution in [0.4, 0.5) is 0 Å². The summed E-state index contributed by atoms with van der Waals surface area (Å²) in [6, 6.07) is 0. The first-order chi connectivity index (χ1) is 5.79. The van der Waals surface area contributed by atoms with Gasteiger partial charge in [0.2, 0.25) is 5.91 Å². The molecule has 0 saturated heterocycles. The summed E-state index contributed by atoms with van der Waals surface area (Å²) in [7, 11) is 1.70. The summed E-state index contributed by atoms with van der Waals surface area (Å²) in [6.07, 6.45) is 0.637. The number of hydrogen-bond donors (Lipinski definition) is 1. The molecule has 0 aliphatic heterocycles. The first-order valence-electron chi connectivity index (χ1n) is 4.99. The Morgan fingerprint density at radius 1 is 1.31 bits per heavy atom. The molecule has 78 valence electrons. The zero-order valence-electron chi connectivity index (χ0n) is 9.77. The minimum Gasteiger partial charge on any atom is -0.359 e. The van der Waals surface area contributed by atoms with Gasteiger partial charge in [-0.3, -0.25) is 4.79 Å². The minimum absolute atomic E-state index is 0.147. The fourth-order valence-electron chi connectivity index (χ4n) is 1.84. The summed E-state index contributed by atoms with van der Waals surface area (Å²) in [4.78, 5) is 11.3. The third-order valence-corrected chi connectivity index (χ3v) is 2.60. The molecule has 0 aromatic rings. The van der Waals surface area contributed by atoms with Crippen LogP contribution in [0.1, 0.15) is 41.0 Å². The van der Waals surface area contributed by atoms with Crippen LogP contribution in [-0.4, -0.2) is 13.0 Å². The number of hydrogen-bond acceptors (Lipinski definition) is 1. The van der Waals surface area contributed by atoms with Gasteiger partial charge >= 0.3 is 0 Å². The van der Waals surface area contributed by atoms with Gasteiger partial charge in [0.15, 0.2) is 0 Å². The van der Waals surface area contributed by atoms with Crippen LogP contribution in [0.5, 0.6) is 0 Å². The highest BCUT2D eigenvalue weighted by Crippen LogP contribution is 2.34. The average Bonchev–Trinajstić information content (AvgIpc) is 1.96. The van der Waals surface area contributed by atoms with Crippen molar-refractivity contribution in [2.24, 2.45) is 17.3 Å². The predicted molar refractivity (Wildman–Crippen MR) is 56.5 cm³/mol. The lowest BCUT2D eigenvalue weighted by molar-refractivity contribution is -0.122. The van der Waals surface area contributed by atoms with Gasteiger partial charge in [-0.2, -0.15) is 0 Å². The largest absolute Gasteiger partial charge is 0.359 e. The number of rotatable bonds is 3. The molecule has 0 saturated carbocycles. The molecule has 1 amide bonds. The van der Waals surface area contributed by atoms with Crippen molar-refractivity contribution >= 4 is 5.91 Å². The lowest BCUT2D eigenvalue weighted by Crippen LogP contribution is -2.31. The van der Waals surface area contributed by atoms with Crippen LogP contribution in [0.15, 0.2) is 0 Å². The van der Waals surface area contributed by atoms with Crippen molar-refractivity contribution in [3.8, 4) is 0 Å². The second kappa shape index (κ2) is 4.64. The van der Waals surface area contributed by atoms with Gasteiger partial charge in [0.05, 0.1) is 0 Å². The minimum atomic E-state index is 0.147. The highest BCUT2D eigenvalue weighted by Gasteiger charge is 2.28. The molecule has 0 spiro atoms. The highest BCUT2D eigenvalue weighted by atomic mass is 16.1. The van der Waals surface area contributed by atoms with Crippen LogP contribution >= 0.6 is 0 Å². The van der Waals surface area contributed by atoms with Gasteiger partial charge < -0.3 is 5.32 Å². The zero-order chi connectivity index (χ0) is 10.6. The fraction of sp³-hybridized carbons (Fsp3) is 0.909.